The van der Waals surface area contributed by atoms with E-state index in [0.29, 0.717) is 12.1 Å². The summed E-state index contributed by atoms with van der Waals surface area (Å²) in [6.07, 6.45) is 0.806. The van der Waals surface area contributed by atoms with E-state index in [1.54, 1.807) is 6.07 Å². The summed E-state index contributed by atoms with van der Waals surface area (Å²) in [4.78, 5) is 15.3. The lowest BCUT2D eigenvalue weighted by atomic mass is 10.1. The van der Waals surface area contributed by atoms with Gasteiger partial charge in [-0.3, -0.25) is 4.79 Å². The largest absolute Gasteiger partial charge is 0.399 e. The van der Waals surface area contributed by atoms with Gasteiger partial charge in [-0.15, -0.1) is 0 Å². The zero-order valence-corrected chi connectivity index (χ0v) is 10.3. The smallest absolute Gasteiger partial charge is 0.225 e. The van der Waals surface area contributed by atoms with Gasteiger partial charge in [0.1, 0.15) is 5.82 Å². The summed E-state index contributed by atoms with van der Waals surface area (Å²) < 4.78 is 12.8. The number of carbonyl (C=O) groups is 1. The Labute approximate surface area is 110 Å². The lowest BCUT2D eigenvalue weighted by molar-refractivity contribution is -0.116. The average molecular weight is 259 g/mol. The van der Waals surface area contributed by atoms with Crippen LogP contribution in [-0.4, -0.2) is 10.9 Å². The molecule has 0 aliphatic rings. The third kappa shape index (κ3) is 3.77. The topological polar surface area (TPSA) is 68.0 Å². The number of para-hydroxylation sites is 1. The second-order valence-corrected chi connectivity index (χ2v) is 4.09. The van der Waals surface area contributed by atoms with Crippen LogP contribution in [0.5, 0.6) is 0 Å². The Morgan fingerprint density at radius 2 is 2.00 bits per heavy atom. The summed E-state index contributed by atoms with van der Waals surface area (Å²) in [7, 11) is 0. The predicted molar refractivity (Wildman–Crippen MR) is 72.0 cm³/mol. The van der Waals surface area contributed by atoms with Gasteiger partial charge in [-0.2, -0.15) is 4.39 Å². The van der Waals surface area contributed by atoms with Gasteiger partial charge < -0.3 is 11.1 Å². The van der Waals surface area contributed by atoms with Crippen LogP contribution in [-0.2, 0) is 11.2 Å². The number of nitrogens with one attached hydrogen (secondary N) is 1. The Hall–Kier alpha value is -2.43. The molecular weight excluding hydrogens is 245 g/mol. The molecule has 1 aromatic carbocycles. The van der Waals surface area contributed by atoms with Crippen molar-refractivity contribution in [3.63, 3.8) is 0 Å². The fraction of sp³-hybridized carbons (Fsp3) is 0.143. The molecule has 0 radical (unpaired) electrons. The van der Waals surface area contributed by atoms with E-state index in [1.165, 1.54) is 18.2 Å². The van der Waals surface area contributed by atoms with Crippen LogP contribution in [0.1, 0.15) is 12.0 Å². The van der Waals surface area contributed by atoms with Gasteiger partial charge in [0.2, 0.25) is 11.9 Å². The molecule has 2 aromatic rings. The minimum atomic E-state index is -0.620. The maximum absolute atomic E-state index is 12.8. The number of amides is 1. The maximum Gasteiger partial charge on any atom is 0.225 e. The zero-order chi connectivity index (χ0) is 13.7. The number of nitrogen functional groups attached to an aromatic ring is 1. The van der Waals surface area contributed by atoms with Crippen LogP contribution in [0.3, 0.4) is 0 Å². The van der Waals surface area contributed by atoms with Gasteiger partial charge in [-0.25, -0.2) is 4.98 Å². The molecule has 2 rings (SSSR count). The number of pyridine rings is 1. The first-order chi connectivity index (χ1) is 9.15. The molecule has 0 aliphatic carbocycles. The highest BCUT2D eigenvalue weighted by molar-refractivity contribution is 5.89. The molecule has 0 fully saturated rings. The molecule has 0 atom stereocenters. The summed E-state index contributed by atoms with van der Waals surface area (Å²) >= 11 is 0. The molecule has 0 aliphatic heterocycles. The molecule has 0 unspecified atom stereocenters. The van der Waals surface area contributed by atoms with Crippen LogP contribution < -0.4 is 11.1 Å². The number of hydrogen-bond donors (Lipinski definition) is 2. The van der Waals surface area contributed by atoms with Gasteiger partial charge in [-0.1, -0.05) is 24.3 Å². The van der Waals surface area contributed by atoms with Crippen LogP contribution in [0.4, 0.5) is 15.9 Å². The number of rotatable bonds is 4. The van der Waals surface area contributed by atoms with Crippen LogP contribution in [0, 0.1) is 5.95 Å². The highest BCUT2D eigenvalue weighted by Gasteiger charge is 2.06. The molecule has 0 bridgehead atoms. The van der Waals surface area contributed by atoms with Crippen molar-refractivity contribution in [3.8, 4) is 0 Å². The van der Waals surface area contributed by atoms with E-state index in [0.717, 1.165) is 5.56 Å². The number of benzene rings is 1. The summed E-state index contributed by atoms with van der Waals surface area (Å²) in [6, 6.07) is 11.6. The molecule has 0 saturated heterocycles. The zero-order valence-electron chi connectivity index (χ0n) is 10.3. The van der Waals surface area contributed by atoms with Crippen molar-refractivity contribution in [3.05, 3.63) is 54.0 Å². The molecule has 4 nitrogen and oxygen atoms in total. The molecule has 0 spiro atoms. The van der Waals surface area contributed by atoms with Gasteiger partial charge in [0.25, 0.3) is 0 Å². The maximum atomic E-state index is 12.8. The lowest BCUT2D eigenvalue weighted by Crippen LogP contribution is -2.14. The van der Waals surface area contributed by atoms with E-state index in [2.05, 4.69) is 10.3 Å². The van der Waals surface area contributed by atoms with Gasteiger partial charge in [0.15, 0.2) is 0 Å². The first-order valence-corrected chi connectivity index (χ1v) is 5.91. The number of hydrogen-bond acceptors (Lipinski definition) is 3. The Morgan fingerprint density at radius 1 is 1.21 bits per heavy atom. The Balaban J connectivity index is 1.90. The van der Waals surface area contributed by atoms with Crippen LogP contribution in [0.2, 0.25) is 0 Å². The second-order valence-electron chi connectivity index (χ2n) is 4.09. The Bertz CT molecular complexity index is 586. The molecular formula is C14H14FN3O. The highest BCUT2D eigenvalue weighted by Crippen LogP contribution is 2.13. The standard InChI is InChI=1S/C14H14FN3O/c15-12-6-3-7-13(17-12)18-14(19)9-8-10-4-1-2-5-11(10)16/h1-7H,8-9,16H2,(H,17,18,19). The second kappa shape index (κ2) is 5.95. The first kappa shape index (κ1) is 13.0. The monoisotopic (exact) mass is 259 g/mol. The number of aromatic nitrogens is 1. The number of nitrogens with two attached hydrogens (primary N) is 1. The summed E-state index contributed by atoms with van der Waals surface area (Å²) in [6.45, 7) is 0. The predicted octanol–water partition coefficient (Wildman–Crippen LogP) is 2.37. The van der Waals surface area contributed by atoms with Gasteiger partial charge in [0.05, 0.1) is 0 Å². The lowest BCUT2D eigenvalue weighted by Gasteiger charge is -2.06. The number of halogens is 1. The van der Waals surface area contributed by atoms with Crippen molar-refractivity contribution < 1.29 is 9.18 Å². The van der Waals surface area contributed by atoms with Crippen molar-refractivity contribution >= 4 is 17.4 Å². The highest BCUT2D eigenvalue weighted by atomic mass is 19.1. The van der Waals surface area contributed by atoms with Crippen LogP contribution >= 0.6 is 0 Å². The molecule has 1 amide bonds. The minimum Gasteiger partial charge on any atom is -0.399 e. The van der Waals surface area contributed by atoms with Crippen LogP contribution in [0.15, 0.2) is 42.5 Å². The van der Waals surface area contributed by atoms with Gasteiger partial charge in [0, 0.05) is 12.1 Å². The first-order valence-electron chi connectivity index (χ1n) is 5.91. The molecule has 3 N–H and O–H groups in total. The molecule has 0 saturated carbocycles. The molecule has 98 valence electrons. The van der Waals surface area contributed by atoms with E-state index in [9.17, 15) is 9.18 Å². The number of nitrogens with zero attached hydrogens (tertiary/aromatic N) is 1. The number of anilines is 2. The fourth-order valence-corrected chi connectivity index (χ4v) is 1.69. The van der Waals surface area contributed by atoms with E-state index >= 15 is 0 Å². The third-order valence-electron chi connectivity index (χ3n) is 2.66. The van der Waals surface area contributed by atoms with Gasteiger partial charge >= 0.3 is 0 Å². The molecule has 19 heavy (non-hydrogen) atoms. The van der Waals surface area contributed by atoms with Crippen molar-refractivity contribution in [2.75, 3.05) is 11.1 Å². The van der Waals surface area contributed by atoms with Crippen molar-refractivity contribution in [2.24, 2.45) is 0 Å². The quantitative estimate of drug-likeness (QED) is 0.654. The molecule has 1 aromatic heterocycles. The fourth-order valence-electron chi connectivity index (χ4n) is 1.69. The third-order valence-corrected chi connectivity index (χ3v) is 2.66. The average Bonchev–Trinajstić information content (AvgIpc) is 2.38. The Morgan fingerprint density at radius 3 is 2.74 bits per heavy atom. The van der Waals surface area contributed by atoms with E-state index < -0.39 is 5.95 Å². The van der Waals surface area contributed by atoms with Gasteiger partial charge in [-0.05, 0) is 30.2 Å². The van der Waals surface area contributed by atoms with E-state index in [4.69, 9.17) is 5.73 Å². The SMILES string of the molecule is Nc1ccccc1CCC(=O)Nc1cccc(F)n1. The summed E-state index contributed by atoms with van der Waals surface area (Å²) in [5.41, 5.74) is 7.37. The minimum absolute atomic E-state index is 0.214. The summed E-state index contributed by atoms with van der Waals surface area (Å²) in [5.74, 6) is -0.627. The van der Waals surface area contributed by atoms with Crippen LogP contribution in [0.25, 0.3) is 0 Å². The number of carbonyl (C=O) groups excluding carboxylic acids is 1. The van der Waals surface area contributed by atoms with Crippen molar-refractivity contribution in [1.29, 1.82) is 0 Å². The molecule has 1 heterocycles. The Kier molecular flexibility index (Phi) is 4.07. The van der Waals surface area contributed by atoms with Crippen molar-refractivity contribution in [1.82, 2.24) is 4.98 Å². The van der Waals surface area contributed by atoms with E-state index in [1.807, 2.05) is 18.2 Å². The van der Waals surface area contributed by atoms with E-state index in [-0.39, 0.29) is 18.1 Å². The summed E-state index contributed by atoms with van der Waals surface area (Å²) in [5, 5.41) is 2.54. The molecule has 5 heteroatoms. The normalized spacial score (nSPS) is 10.2. The van der Waals surface area contributed by atoms with Crippen molar-refractivity contribution in [2.45, 2.75) is 12.8 Å². The number of aryl methyl sites for hydroxylation is 1.